The van der Waals surface area contributed by atoms with Gasteiger partial charge in [-0.1, -0.05) is 65.8 Å². The first-order valence-electron chi connectivity index (χ1n) is 7.03. The zero-order chi connectivity index (χ0) is 14.0. The summed E-state index contributed by atoms with van der Waals surface area (Å²) in [4.78, 5) is 0. The molecule has 0 heterocycles. The molecule has 1 aromatic rings. The molecule has 0 amide bonds. The molecule has 102 valence electrons. The minimum Gasteiger partial charge on any atom is -0.388 e. The number of hydrogen-bond acceptors (Lipinski definition) is 1. The van der Waals surface area contributed by atoms with Crippen molar-refractivity contribution in [1.82, 2.24) is 0 Å². The SMILES string of the molecule is CCC(C)(C)c1ccc(C(O)C(C)(C)CC)cc1. The number of rotatable bonds is 5. The lowest BCUT2D eigenvalue weighted by Gasteiger charge is -2.30. The van der Waals surface area contributed by atoms with Crippen LogP contribution in [0.2, 0.25) is 0 Å². The molecule has 0 radical (unpaired) electrons. The first kappa shape index (κ1) is 15.2. The molecule has 0 bridgehead atoms. The van der Waals surface area contributed by atoms with E-state index >= 15 is 0 Å². The molecular weight excluding hydrogens is 220 g/mol. The van der Waals surface area contributed by atoms with Gasteiger partial charge in [-0.15, -0.1) is 0 Å². The van der Waals surface area contributed by atoms with Crippen molar-refractivity contribution in [2.24, 2.45) is 5.41 Å². The van der Waals surface area contributed by atoms with Gasteiger partial charge in [0.05, 0.1) is 6.10 Å². The molecule has 0 saturated carbocycles. The van der Waals surface area contributed by atoms with Gasteiger partial charge in [0.2, 0.25) is 0 Å². The number of aliphatic hydroxyl groups is 1. The third-order valence-corrected chi connectivity index (χ3v) is 4.54. The molecule has 0 aliphatic heterocycles. The normalized spacial score (nSPS) is 14.6. The third kappa shape index (κ3) is 3.14. The van der Waals surface area contributed by atoms with Crippen LogP contribution in [-0.2, 0) is 5.41 Å². The zero-order valence-corrected chi connectivity index (χ0v) is 12.7. The van der Waals surface area contributed by atoms with Crippen molar-refractivity contribution in [2.75, 3.05) is 0 Å². The molecule has 0 fully saturated rings. The molecule has 0 spiro atoms. The van der Waals surface area contributed by atoms with Crippen LogP contribution in [-0.4, -0.2) is 5.11 Å². The highest BCUT2D eigenvalue weighted by molar-refractivity contribution is 5.29. The lowest BCUT2D eigenvalue weighted by Crippen LogP contribution is -2.21. The van der Waals surface area contributed by atoms with E-state index in [1.54, 1.807) is 0 Å². The van der Waals surface area contributed by atoms with Crippen molar-refractivity contribution in [1.29, 1.82) is 0 Å². The summed E-state index contributed by atoms with van der Waals surface area (Å²) in [6, 6.07) is 8.48. The van der Waals surface area contributed by atoms with Gasteiger partial charge in [0.1, 0.15) is 0 Å². The molecule has 1 atom stereocenters. The van der Waals surface area contributed by atoms with Crippen LogP contribution in [0.3, 0.4) is 0 Å². The monoisotopic (exact) mass is 248 g/mol. The van der Waals surface area contributed by atoms with Crippen molar-refractivity contribution in [3.05, 3.63) is 35.4 Å². The van der Waals surface area contributed by atoms with Crippen LogP contribution in [0.15, 0.2) is 24.3 Å². The maximum atomic E-state index is 10.4. The van der Waals surface area contributed by atoms with Gasteiger partial charge in [-0.05, 0) is 34.8 Å². The van der Waals surface area contributed by atoms with Crippen molar-refractivity contribution in [2.45, 2.75) is 65.9 Å². The molecule has 1 N–H and O–H groups in total. The van der Waals surface area contributed by atoms with Gasteiger partial charge in [0.15, 0.2) is 0 Å². The second-order valence-corrected chi connectivity index (χ2v) is 6.60. The van der Waals surface area contributed by atoms with Crippen LogP contribution in [0.25, 0.3) is 0 Å². The van der Waals surface area contributed by atoms with Gasteiger partial charge in [0.25, 0.3) is 0 Å². The molecule has 1 nitrogen and oxygen atoms in total. The van der Waals surface area contributed by atoms with Crippen molar-refractivity contribution < 1.29 is 5.11 Å². The Balaban J connectivity index is 2.97. The summed E-state index contributed by atoms with van der Waals surface area (Å²) in [6.07, 6.45) is 1.70. The van der Waals surface area contributed by atoms with Crippen molar-refractivity contribution in [3.8, 4) is 0 Å². The van der Waals surface area contributed by atoms with E-state index < -0.39 is 0 Å². The summed E-state index contributed by atoms with van der Waals surface area (Å²) in [5.41, 5.74) is 2.51. The quantitative estimate of drug-likeness (QED) is 0.790. The van der Waals surface area contributed by atoms with Crippen LogP contribution >= 0.6 is 0 Å². The van der Waals surface area contributed by atoms with Gasteiger partial charge in [0, 0.05) is 0 Å². The standard InChI is InChI=1S/C17H28O/c1-7-16(3,4)14-11-9-13(10-12-14)15(18)17(5,6)8-2/h9-12,15,18H,7-8H2,1-6H3. The first-order valence-corrected chi connectivity index (χ1v) is 7.03. The maximum Gasteiger partial charge on any atom is 0.0840 e. The minimum absolute atomic E-state index is 0.0677. The van der Waals surface area contributed by atoms with Gasteiger partial charge >= 0.3 is 0 Å². The van der Waals surface area contributed by atoms with E-state index in [-0.39, 0.29) is 16.9 Å². The summed E-state index contributed by atoms with van der Waals surface area (Å²) in [5, 5.41) is 10.4. The van der Waals surface area contributed by atoms with E-state index in [1.807, 2.05) is 0 Å². The molecule has 0 aliphatic rings. The van der Waals surface area contributed by atoms with E-state index in [9.17, 15) is 5.11 Å². The largest absolute Gasteiger partial charge is 0.388 e. The molecule has 1 rings (SSSR count). The van der Waals surface area contributed by atoms with Crippen LogP contribution in [0.4, 0.5) is 0 Å². The average Bonchev–Trinajstić information content (AvgIpc) is 2.38. The second-order valence-electron chi connectivity index (χ2n) is 6.60. The highest BCUT2D eigenvalue weighted by atomic mass is 16.3. The number of benzene rings is 1. The van der Waals surface area contributed by atoms with E-state index in [2.05, 4.69) is 65.8 Å². The Bertz CT molecular complexity index is 373. The van der Waals surface area contributed by atoms with Crippen LogP contribution in [0, 0.1) is 5.41 Å². The maximum absolute atomic E-state index is 10.4. The Morgan fingerprint density at radius 2 is 1.44 bits per heavy atom. The van der Waals surface area contributed by atoms with Crippen molar-refractivity contribution in [3.63, 3.8) is 0 Å². The molecular formula is C17H28O. The van der Waals surface area contributed by atoms with Crippen LogP contribution in [0.1, 0.15) is 71.6 Å². The van der Waals surface area contributed by atoms with E-state index in [0.29, 0.717) is 0 Å². The molecule has 1 unspecified atom stereocenters. The predicted octanol–water partition coefficient (Wildman–Crippen LogP) is 4.84. The molecule has 0 aliphatic carbocycles. The number of hydrogen-bond donors (Lipinski definition) is 1. The molecule has 1 aromatic carbocycles. The Morgan fingerprint density at radius 1 is 0.944 bits per heavy atom. The Hall–Kier alpha value is -0.820. The smallest absolute Gasteiger partial charge is 0.0840 e. The fraction of sp³-hybridized carbons (Fsp3) is 0.647. The van der Waals surface area contributed by atoms with Gasteiger partial charge in [-0.2, -0.15) is 0 Å². The first-order chi connectivity index (χ1) is 8.24. The lowest BCUT2D eigenvalue weighted by atomic mass is 9.78. The molecule has 0 saturated heterocycles. The predicted molar refractivity (Wildman–Crippen MR) is 78.8 cm³/mol. The summed E-state index contributed by atoms with van der Waals surface area (Å²) in [6.45, 7) is 13.1. The van der Waals surface area contributed by atoms with E-state index in [1.165, 1.54) is 5.56 Å². The van der Waals surface area contributed by atoms with Crippen LogP contribution in [0.5, 0.6) is 0 Å². The molecule has 18 heavy (non-hydrogen) atoms. The topological polar surface area (TPSA) is 20.2 Å². The minimum atomic E-state index is -0.388. The fourth-order valence-corrected chi connectivity index (χ4v) is 1.97. The Morgan fingerprint density at radius 3 is 1.83 bits per heavy atom. The van der Waals surface area contributed by atoms with Crippen LogP contribution < -0.4 is 0 Å². The van der Waals surface area contributed by atoms with Gasteiger partial charge in [-0.3, -0.25) is 0 Å². The Labute approximate surface area is 112 Å². The van der Waals surface area contributed by atoms with E-state index in [4.69, 9.17) is 0 Å². The third-order valence-electron chi connectivity index (χ3n) is 4.54. The van der Waals surface area contributed by atoms with Crippen molar-refractivity contribution >= 4 is 0 Å². The lowest BCUT2D eigenvalue weighted by molar-refractivity contribution is 0.0465. The molecule has 1 heteroatoms. The fourth-order valence-electron chi connectivity index (χ4n) is 1.97. The van der Waals surface area contributed by atoms with E-state index in [0.717, 1.165) is 18.4 Å². The summed E-state index contributed by atoms with van der Waals surface area (Å²) in [7, 11) is 0. The summed E-state index contributed by atoms with van der Waals surface area (Å²) < 4.78 is 0. The zero-order valence-electron chi connectivity index (χ0n) is 12.7. The summed E-state index contributed by atoms with van der Waals surface area (Å²) in [5.74, 6) is 0. The number of aliphatic hydroxyl groups excluding tert-OH is 1. The molecule has 0 aromatic heterocycles. The highest BCUT2D eigenvalue weighted by Gasteiger charge is 2.27. The van der Waals surface area contributed by atoms with Gasteiger partial charge < -0.3 is 5.11 Å². The average molecular weight is 248 g/mol. The summed E-state index contributed by atoms with van der Waals surface area (Å²) >= 11 is 0. The van der Waals surface area contributed by atoms with Gasteiger partial charge in [-0.25, -0.2) is 0 Å². The second kappa shape index (κ2) is 5.44. The highest BCUT2D eigenvalue weighted by Crippen LogP contribution is 2.37. The Kier molecular flexibility index (Phi) is 4.61.